The molecule has 1 aromatic carbocycles. The van der Waals surface area contributed by atoms with Gasteiger partial charge in [-0.1, -0.05) is 55.7 Å². The molecule has 1 heterocycles. The Morgan fingerprint density at radius 3 is 2.42 bits per heavy atom. The number of pyridine rings is 1. The van der Waals surface area contributed by atoms with Crippen molar-refractivity contribution in [2.24, 2.45) is 11.1 Å². The fourth-order valence-corrected chi connectivity index (χ4v) is 4.40. The van der Waals surface area contributed by atoms with Crippen LogP contribution in [0, 0.1) is 5.41 Å². The number of carbonyl (C=O) groups is 2. The van der Waals surface area contributed by atoms with E-state index in [0.29, 0.717) is 19.4 Å². The Balaban J connectivity index is 1.70. The van der Waals surface area contributed by atoms with Crippen LogP contribution >= 0.6 is 0 Å². The molecule has 1 aromatic heterocycles. The molecule has 0 spiro atoms. The van der Waals surface area contributed by atoms with Gasteiger partial charge in [-0.15, -0.1) is 0 Å². The highest BCUT2D eigenvalue weighted by Crippen LogP contribution is 2.39. The van der Waals surface area contributed by atoms with Crippen LogP contribution in [0.5, 0.6) is 0 Å². The second-order valence-corrected chi connectivity index (χ2v) is 8.80. The number of amides is 2. The molecule has 1 fully saturated rings. The lowest BCUT2D eigenvalue weighted by Crippen LogP contribution is -2.46. The van der Waals surface area contributed by atoms with Gasteiger partial charge in [0, 0.05) is 31.3 Å². The molecule has 1 aliphatic rings. The second-order valence-electron chi connectivity index (χ2n) is 8.80. The number of nitrogens with zero attached hydrogens (tertiary/aromatic N) is 1. The first-order valence-corrected chi connectivity index (χ1v) is 11.2. The second kappa shape index (κ2) is 11.0. The van der Waals surface area contributed by atoms with Gasteiger partial charge < -0.3 is 16.4 Å². The summed E-state index contributed by atoms with van der Waals surface area (Å²) in [5.41, 5.74) is 7.49. The molecule has 166 valence electrons. The maximum Gasteiger partial charge on any atom is 0.236 e. The van der Waals surface area contributed by atoms with E-state index in [-0.39, 0.29) is 23.3 Å². The van der Waals surface area contributed by atoms with Crippen molar-refractivity contribution in [3.8, 4) is 0 Å². The van der Waals surface area contributed by atoms with Crippen LogP contribution in [0.15, 0.2) is 54.7 Å². The van der Waals surface area contributed by atoms with E-state index in [9.17, 15) is 9.59 Å². The summed E-state index contributed by atoms with van der Waals surface area (Å²) in [5, 5.41) is 6.22. The van der Waals surface area contributed by atoms with E-state index in [2.05, 4.69) is 15.6 Å². The Bertz CT molecular complexity index is 833. The van der Waals surface area contributed by atoms with Crippen LogP contribution in [-0.4, -0.2) is 29.4 Å². The maximum atomic E-state index is 13.2. The summed E-state index contributed by atoms with van der Waals surface area (Å²) in [6.45, 7) is 2.18. The molecule has 0 radical (unpaired) electrons. The lowest BCUT2D eigenvalue weighted by molar-refractivity contribution is -0.127. The van der Waals surface area contributed by atoms with Gasteiger partial charge in [-0.25, -0.2) is 0 Å². The van der Waals surface area contributed by atoms with E-state index >= 15 is 0 Å². The summed E-state index contributed by atoms with van der Waals surface area (Å²) in [5.74, 6) is -0.149. The fraction of sp³-hybridized carbons (Fsp3) is 0.480. The molecule has 1 aliphatic carbocycles. The number of hydrogen-bond acceptors (Lipinski definition) is 4. The third-order valence-electron chi connectivity index (χ3n) is 6.18. The third kappa shape index (κ3) is 6.89. The van der Waals surface area contributed by atoms with Gasteiger partial charge >= 0.3 is 0 Å². The highest BCUT2D eigenvalue weighted by atomic mass is 16.2. The quantitative estimate of drug-likeness (QED) is 0.578. The van der Waals surface area contributed by atoms with Gasteiger partial charge in [-0.3, -0.25) is 14.6 Å². The lowest BCUT2D eigenvalue weighted by atomic mass is 9.71. The van der Waals surface area contributed by atoms with Gasteiger partial charge in [-0.05, 0) is 42.9 Å². The first-order valence-electron chi connectivity index (χ1n) is 11.2. The van der Waals surface area contributed by atoms with Crippen LogP contribution < -0.4 is 16.4 Å². The Morgan fingerprint density at radius 1 is 1.06 bits per heavy atom. The van der Waals surface area contributed by atoms with Gasteiger partial charge in [0.05, 0.1) is 12.1 Å². The number of benzene rings is 1. The van der Waals surface area contributed by atoms with Gasteiger partial charge in [0.1, 0.15) is 0 Å². The van der Waals surface area contributed by atoms with Crippen LogP contribution in [0.25, 0.3) is 0 Å². The third-order valence-corrected chi connectivity index (χ3v) is 6.18. The predicted octanol–water partition coefficient (Wildman–Crippen LogP) is 3.29. The fourth-order valence-electron chi connectivity index (χ4n) is 4.40. The molecule has 6 heteroatoms. The van der Waals surface area contributed by atoms with Crippen LogP contribution in [0.4, 0.5) is 0 Å². The van der Waals surface area contributed by atoms with Crippen LogP contribution in [-0.2, 0) is 16.0 Å². The van der Waals surface area contributed by atoms with Crippen molar-refractivity contribution in [3.63, 3.8) is 0 Å². The topological polar surface area (TPSA) is 97.1 Å². The summed E-state index contributed by atoms with van der Waals surface area (Å²) < 4.78 is 0. The highest BCUT2D eigenvalue weighted by Gasteiger charge is 2.35. The van der Waals surface area contributed by atoms with Crippen molar-refractivity contribution in [1.29, 1.82) is 0 Å². The molecule has 0 bridgehead atoms. The standard InChI is InChI=1S/C25H34N4O2/c1-19(26)24(31)28-18-25(13-7-3-8-14-25)17-23(30)29-22(20-10-4-2-5-11-20)16-21-12-6-9-15-27-21/h2,4-6,9-12,15,19,22H,3,7-8,13-14,16-18,26H2,1H3,(H,28,31)(H,29,30)/t19-,22?/m0/s1. The molecule has 3 rings (SSSR count). The number of rotatable bonds is 9. The summed E-state index contributed by atoms with van der Waals surface area (Å²) in [6, 6.07) is 15.2. The van der Waals surface area contributed by atoms with Crippen molar-refractivity contribution < 1.29 is 9.59 Å². The molecule has 1 saturated carbocycles. The van der Waals surface area contributed by atoms with E-state index in [1.165, 1.54) is 6.42 Å². The Kier molecular flexibility index (Phi) is 8.18. The minimum Gasteiger partial charge on any atom is -0.354 e. The van der Waals surface area contributed by atoms with Gasteiger partial charge in [0.25, 0.3) is 0 Å². The molecule has 2 amide bonds. The number of aromatic nitrogens is 1. The Hall–Kier alpha value is -2.73. The molecule has 4 N–H and O–H groups in total. The van der Waals surface area contributed by atoms with E-state index in [0.717, 1.165) is 36.9 Å². The first-order chi connectivity index (χ1) is 15.0. The molecule has 2 aromatic rings. The van der Waals surface area contributed by atoms with E-state index in [1.54, 1.807) is 13.1 Å². The van der Waals surface area contributed by atoms with Crippen molar-refractivity contribution in [2.45, 2.75) is 64.0 Å². The molecule has 6 nitrogen and oxygen atoms in total. The number of nitrogens with one attached hydrogen (secondary N) is 2. The normalized spacial score (nSPS) is 17.4. The maximum absolute atomic E-state index is 13.2. The van der Waals surface area contributed by atoms with E-state index in [4.69, 9.17) is 5.73 Å². The van der Waals surface area contributed by atoms with Crippen LogP contribution in [0.3, 0.4) is 0 Å². The summed E-state index contributed by atoms with van der Waals surface area (Å²) in [7, 11) is 0. The zero-order valence-corrected chi connectivity index (χ0v) is 18.3. The van der Waals surface area contributed by atoms with Crippen molar-refractivity contribution >= 4 is 11.8 Å². The SMILES string of the molecule is C[C@H](N)C(=O)NCC1(CC(=O)NC(Cc2ccccn2)c2ccccc2)CCCCC1. The number of nitrogens with two attached hydrogens (primary N) is 1. The predicted molar refractivity (Wildman–Crippen MR) is 122 cm³/mol. The highest BCUT2D eigenvalue weighted by molar-refractivity contribution is 5.81. The Labute approximate surface area is 185 Å². The largest absolute Gasteiger partial charge is 0.354 e. The average Bonchev–Trinajstić information content (AvgIpc) is 2.79. The number of carbonyl (C=O) groups excluding carboxylic acids is 2. The molecule has 2 atom stereocenters. The van der Waals surface area contributed by atoms with Gasteiger partial charge in [0.2, 0.25) is 11.8 Å². The zero-order valence-electron chi connectivity index (χ0n) is 18.3. The minimum atomic E-state index is -0.546. The first kappa shape index (κ1) is 22.9. The molecular formula is C25H34N4O2. The van der Waals surface area contributed by atoms with Crippen LogP contribution in [0.1, 0.15) is 62.7 Å². The molecule has 0 saturated heterocycles. The molecule has 31 heavy (non-hydrogen) atoms. The van der Waals surface area contributed by atoms with E-state index in [1.807, 2.05) is 48.5 Å². The minimum absolute atomic E-state index is 0.0155. The van der Waals surface area contributed by atoms with Gasteiger partial charge in [0.15, 0.2) is 0 Å². The monoisotopic (exact) mass is 422 g/mol. The Morgan fingerprint density at radius 2 is 1.77 bits per heavy atom. The summed E-state index contributed by atoms with van der Waals surface area (Å²) in [6.07, 6.45) is 8.03. The van der Waals surface area contributed by atoms with E-state index < -0.39 is 6.04 Å². The van der Waals surface area contributed by atoms with Crippen molar-refractivity contribution in [3.05, 3.63) is 66.0 Å². The summed E-state index contributed by atoms with van der Waals surface area (Å²) >= 11 is 0. The molecule has 0 aliphatic heterocycles. The van der Waals surface area contributed by atoms with Crippen molar-refractivity contribution in [1.82, 2.24) is 15.6 Å². The lowest BCUT2D eigenvalue weighted by Gasteiger charge is -2.37. The average molecular weight is 423 g/mol. The molecular weight excluding hydrogens is 388 g/mol. The number of hydrogen-bond donors (Lipinski definition) is 3. The summed E-state index contributed by atoms with van der Waals surface area (Å²) in [4.78, 5) is 29.7. The molecule has 1 unspecified atom stereocenters. The van der Waals surface area contributed by atoms with Gasteiger partial charge in [-0.2, -0.15) is 0 Å². The van der Waals surface area contributed by atoms with Crippen LogP contribution in [0.2, 0.25) is 0 Å². The van der Waals surface area contributed by atoms with Crippen molar-refractivity contribution in [2.75, 3.05) is 6.54 Å². The zero-order chi connectivity index (χ0) is 22.1. The smallest absolute Gasteiger partial charge is 0.236 e.